The summed E-state index contributed by atoms with van der Waals surface area (Å²) in [6.45, 7) is 11.8. The second-order valence-corrected chi connectivity index (χ2v) is 13.5. The minimum atomic E-state index is -0.500. The maximum Gasteiger partial charge on any atom is 0.410 e. The molecule has 202 valence electrons. The number of carbonyl (C=O) groups excluding carboxylic acids is 1. The number of carbonyl (C=O) groups is 1. The molecule has 2 saturated heterocycles. The van der Waals surface area contributed by atoms with Crippen molar-refractivity contribution in [1.82, 2.24) is 14.9 Å². The van der Waals surface area contributed by atoms with Crippen LogP contribution in [0.25, 0.3) is 0 Å². The smallest absolute Gasteiger partial charge is 0.410 e. The number of amides is 1. The molecule has 2 aromatic rings. The van der Waals surface area contributed by atoms with Crippen molar-refractivity contribution in [2.45, 2.75) is 89.8 Å². The zero-order chi connectivity index (χ0) is 26.6. The van der Waals surface area contributed by atoms with Crippen LogP contribution in [0.15, 0.2) is 24.3 Å². The zero-order valence-corrected chi connectivity index (χ0v) is 23.6. The molecule has 3 aliphatic carbocycles. The minimum Gasteiger partial charge on any atom is -0.497 e. The molecule has 38 heavy (non-hydrogen) atoms. The van der Waals surface area contributed by atoms with Gasteiger partial charge in [-0.05, 0) is 108 Å². The van der Waals surface area contributed by atoms with Gasteiger partial charge in [-0.2, -0.15) is 0 Å². The molecule has 7 heteroatoms. The van der Waals surface area contributed by atoms with Crippen LogP contribution in [0, 0.1) is 31.1 Å². The van der Waals surface area contributed by atoms with Crippen LogP contribution in [-0.4, -0.2) is 58.8 Å². The molecule has 4 bridgehead atoms. The highest BCUT2D eigenvalue weighted by Gasteiger charge is 2.76. The van der Waals surface area contributed by atoms with Crippen LogP contribution >= 0.6 is 0 Å². The van der Waals surface area contributed by atoms with Crippen LogP contribution in [0.1, 0.15) is 69.0 Å². The number of ether oxygens (including phenoxy) is 2. The van der Waals surface area contributed by atoms with Gasteiger partial charge in [-0.25, -0.2) is 14.8 Å². The van der Waals surface area contributed by atoms with Gasteiger partial charge in [0.2, 0.25) is 5.95 Å². The summed E-state index contributed by atoms with van der Waals surface area (Å²) in [6, 6.07) is 9.34. The quantitative estimate of drug-likeness (QED) is 0.546. The average molecular weight is 517 g/mol. The van der Waals surface area contributed by atoms with Crippen molar-refractivity contribution in [2.24, 2.45) is 17.3 Å². The second-order valence-electron chi connectivity index (χ2n) is 13.5. The summed E-state index contributed by atoms with van der Waals surface area (Å²) in [5.41, 5.74) is 4.53. The van der Waals surface area contributed by atoms with Crippen LogP contribution in [0.3, 0.4) is 0 Å². The third kappa shape index (κ3) is 3.10. The summed E-state index contributed by atoms with van der Waals surface area (Å²) in [6.07, 6.45) is 5.11. The number of aryl methyl sites for hydroxylation is 2. The number of rotatable bonds is 2. The van der Waals surface area contributed by atoms with E-state index in [-0.39, 0.29) is 23.0 Å². The Kier molecular flexibility index (Phi) is 5.01. The normalized spacial score (nSPS) is 34.6. The molecule has 1 aromatic carbocycles. The molecule has 5 unspecified atom stereocenters. The number of piperidine rings is 1. The highest BCUT2D eigenvalue weighted by atomic mass is 16.6. The highest BCUT2D eigenvalue weighted by Crippen LogP contribution is 2.75. The summed E-state index contributed by atoms with van der Waals surface area (Å²) >= 11 is 0. The monoisotopic (exact) mass is 516 g/mol. The van der Waals surface area contributed by atoms with Crippen molar-refractivity contribution in [3.05, 3.63) is 46.8 Å². The third-order valence-electron chi connectivity index (χ3n) is 10.6. The Morgan fingerprint density at radius 2 is 1.87 bits per heavy atom. The fraction of sp³-hybridized carbons (Fsp3) is 0.645. The van der Waals surface area contributed by atoms with Crippen molar-refractivity contribution in [2.75, 3.05) is 25.1 Å². The number of likely N-dealkylation sites (tertiary alicyclic amines) is 1. The van der Waals surface area contributed by atoms with E-state index in [4.69, 9.17) is 19.4 Å². The Morgan fingerprint density at radius 1 is 1.11 bits per heavy atom. The van der Waals surface area contributed by atoms with Crippen LogP contribution in [0.5, 0.6) is 5.75 Å². The molecule has 0 radical (unpaired) electrons. The molecule has 5 aliphatic rings. The predicted molar refractivity (Wildman–Crippen MR) is 146 cm³/mol. The van der Waals surface area contributed by atoms with Gasteiger partial charge in [-0.1, -0.05) is 6.07 Å². The number of methoxy groups -OCH3 is 1. The van der Waals surface area contributed by atoms with E-state index in [0.717, 1.165) is 68.3 Å². The van der Waals surface area contributed by atoms with Gasteiger partial charge in [0.15, 0.2) is 0 Å². The van der Waals surface area contributed by atoms with Gasteiger partial charge < -0.3 is 19.3 Å². The number of nitrogens with zero attached hydrogens (tertiary/aromatic N) is 4. The van der Waals surface area contributed by atoms with E-state index < -0.39 is 5.60 Å². The predicted octanol–water partition coefficient (Wildman–Crippen LogP) is 5.21. The molecule has 0 spiro atoms. The molecular weight excluding hydrogens is 476 g/mol. The highest BCUT2D eigenvalue weighted by molar-refractivity contribution is 5.70. The first-order valence-electron chi connectivity index (χ1n) is 14.3. The summed E-state index contributed by atoms with van der Waals surface area (Å²) < 4.78 is 11.7. The molecular formula is C31H40N4O3. The number of hydrogen-bond acceptors (Lipinski definition) is 6. The number of benzene rings is 1. The van der Waals surface area contributed by atoms with Crippen LogP contribution in [0.4, 0.5) is 10.7 Å². The van der Waals surface area contributed by atoms with E-state index in [2.05, 4.69) is 47.9 Å². The maximum atomic E-state index is 13.6. The topological polar surface area (TPSA) is 67.8 Å². The Bertz CT molecular complexity index is 1300. The van der Waals surface area contributed by atoms with Gasteiger partial charge >= 0.3 is 6.09 Å². The lowest BCUT2D eigenvalue weighted by atomic mass is 9.43. The molecule has 0 N–H and O–H groups in total. The molecule has 7 rings (SSSR count). The molecule has 3 heterocycles. The standard InChI is InChI=1S/C31H40N4O3/c1-18-13-19(2)33-27(32-18)35-17-21-16-30-10-9-24(35)26(21)31(30)11-12-34(28(36)38-29(3,4)5)25(30)14-20-7-8-22(37-6)15-23(20)31/h7-8,13,15,21,24-26H,9-12,14,16-17H2,1-6H3/t21-,24?,25?,26?,30?,31?/m0/s1. The van der Waals surface area contributed by atoms with Gasteiger partial charge in [-0.3, -0.25) is 0 Å². The van der Waals surface area contributed by atoms with Crippen molar-refractivity contribution in [3.63, 3.8) is 0 Å². The SMILES string of the molecule is COc1ccc2c(c1)C13CCN(C(=O)OC(C)(C)C)C(C2)C12CCC1C3[C@H](CN1c1nc(C)cc(C)n1)C2. The largest absolute Gasteiger partial charge is 0.497 e. The lowest BCUT2D eigenvalue weighted by Crippen LogP contribution is -2.70. The molecule has 1 amide bonds. The lowest BCUT2D eigenvalue weighted by Gasteiger charge is -2.66. The van der Waals surface area contributed by atoms with Gasteiger partial charge in [0, 0.05) is 47.4 Å². The first-order valence-corrected chi connectivity index (χ1v) is 14.3. The van der Waals surface area contributed by atoms with Crippen LogP contribution < -0.4 is 9.64 Å². The molecule has 4 fully saturated rings. The summed E-state index contributed by atoms with van der Waals surface area (Å²) in [5, 5.41) is 0. The second kappa shape index (κ2) is 7.86. The Morgan fingerprint density at radius 3 is 2.58 bits per heavy atom. The number of anilines is 1. The zero-order valence-electron chi connectivity index (χ0n) is 23.6. The Labute approximate surface area is 225 Å². The van der Waals surface area contributed by atoms with Gasteiger partial charge in [0.25, 0.3) is 0 Å². The summed E-state index contributed by atoms with van der Waals surface area (Å²) in [5.74, 6) is 2.92. The van der Waals surface area contributed by atoms with E-state index in [1.54, 1.807) is 7.11 Å². The Balaban J connectivity index is 1.36. The van der Waals surface area contributed by atoms with E-state index in [1.807, 2.05) is 20.8 Å². The van der Waals surface area contributed by atoms with Gasteiger partial charge in [0.05, 0.1) is 7.11 Å². The first kappa shape index (κ1) is 24.2. The molecule has 2 saturated carbocycles. The van der Waals surface area contributed by atoms with Crippen molar-refractivity contribution >= 4 is 12.0 Å². The number of aromatic nitrogens is 2. The minimum absolute atomic E-state index is 0.0273. The Hall–Kier alpha value is -2.83. The van der Waals surface area contributed by atoms with Gasteiger partial charge in [0.1, 0.15) is 11.4 Å². The van der Waals surface area contributed by atoms with E-state index in [1.165, 1.54) is 11.1 Å². The number of hydrogen-bond donors (Lipinski definition) is 0. The third-order valence-corrected chi connectivity index (χ3v) is 10.6. The fourth-order valence-electron chi connectivity index (χ4n) is 9.72. The molecule has 2 aliphatic heterocycles. The summed E-state index contributed by atoms with van der Waals surface area (Å²) in [4.78, 5) is 28.1. The molecule has 7 nitrogen and oxygen atoms in total. The summed E-state index contributed by atoms with van der Waals surface area (Å²) in [7, 11) is 1.77. The lowest BCUT2D eigenvalue weighted by molar-refractivity contribution is -0.0920. The first-order chi connectivity index (χ1) is 18.1. The van der Waals surface area contributed by atoms with Crippen molar-refractivity contribution in [3.8, 4) is 5.75 Å². The van der Waals surface area contributed by atoms with Crippen molar-refractivity contribution < 1.29 is 14.3 Å². The molecule has 6 atom stereocenters. The van der Waals surface area contributed by atoms with E-state index in [0.29, 0.717) is 17.9 Å². The average Bonchev–Trinajstić information content (AvgIpc) is 3.28. The van der Waals surface area contributed by atoms with Crippen molar-refractivity contribution in [1.29, 1.82) is 0 Å². The van der Waals surface area contributed by atoms with E-state index >= 15 is 0 Å². The van der Waals surface area contributed by atoms with E-state index in [9.17, 15) is 4.79 Å². The number of fused-ring (bicyclic) bond motifs is 1. The van der Waals surface area contributed by atoms with Crippen LogP contribution in [0.2, 0.25) is 0 Å². The van der Waals surface area contributed by atoms with Crippen LogP contribution in [-0.2, 0) is 16.6 Å². The maximum absolute atomic E-state index is 13.6. The molecule has 1 aromatic heterocycles. The fourth-order valence-corrected chi connectivity index (χ4v) is 9.72. The van der Waals surface area contributed by atoms with Gasteiger partial charge in [-0.15, -0.1) is 0 Å².